The monoisotopic (exact) mass is 399 g/mol. The van der Waals surface area contributed by atoms with Gasteiger partial charge in [-0.3, -0.25) is 19.8 Å². The summed E-state index contributed by atoms with van der Waals surface area (Å²) in [5.74, 6) is -0.182. The van der Waals surface area contributed by atoms with E-state index >= 15 is 0 Å². The number of hydrogen-bond acceptors (Lipinski definition) is 4. The van der Waals surface area contributed by atoms with Crippen molar-refractivity contribution in [2.75, 3.05) is 10.2 Å². The summed E-state index contributed by atoms with van der Waals surface area (Å²) >= 11 is 0. The summed E-state index contributed by atoms with van der Waals surface area (Å²) in [6.07, 6.45) is 1.83. The van der Waals surface area contributed by atoms with Gasteiger partial charge in [0.25, 0.3) is 11.6 Å². The van der Waals surface area contributed by atoms with Gasteiger partial charge in [-0.2, -0.15) is 0 Å². The van der Waals surface area contributed by atoms with Crippen LogP contribution >= 0.6 is 0 Å². The molecule has 1 atom stereocenters. The lowest BCUT2D eigenvalue weighted by atomic mass is 10.0. The third-order valence-corrected chi connectivity index (χ3v) is 5.05. The number of benzene rings is 3. The predicted molar refractivity (Wildman–Crippen MR) is 117 cm³/mol. The van der Waals surface area contributed by atoms with Crippen molar-refractivity contribution in [2.45, 2.75) is 19.9 Å². The van der Waals surface area contributed by atoms with E-state index in [1.54, 1.807) is 17.0 Å². The minimum atomic E-state index is -0.452. The van der Waals surface area contributed by atoms with Crippen molar-refractivity contribution < 1.29 is 9.72 Å². The van der Waals surface area contributed by atoms with E-state index in [0.29, 0.717) is 11.3 Å². The van der Waals surface area contributed by atoms with Crippen LogP contribution in [-0.4, -0.2) is 10.8 Å². The van der Waals surface area contributed by atoms with Gasteiger partial charge in [-0.15, -0.1) is 0 Å². The van der Waals surface area contributed by atoms with E-state index in [4.69, 9.17) is 0 Å². The van der Waals surface area contributed by atoms with Crippen LogP contribution in [0.2, 0.25) is 0 Å². The van der Waals surface area contributed by atoms with Gasteiger partial charge in [0.05, 0.1) is 11.0 Å². The van der Waals surface area contributed by atoms with Gasteiger partial charge in [-0.25, -0.2) is 0 Å². The van der Waals surface area contributed by atoms with Crippen molar-refractivity contribution in [2.24, 2.45) is 0 Å². The molecule has 6 heteroatoms. The molecule has 0 fully saturated rings. The first-order chi connectivity index (χ1) is 14.4. The van der Waals surface area contributed by atoms with Crippen molar-refractivity contribution in [1.82, 2.24) is 0 Å². The number of aryl methyl sites for hydroxylation is 2. The Hall–Kier alpha value is -3.93. The summed E-state index contributed by atoms with van der Waals surface area (Å²) < 4.78 is 0. The van der Waals surface area contributed by atoms with Crippen LogP contribution in [-0.2, 0) is 4.79 Å². The molecule has 0 radical (unpaired) electrons. The lowest BCUT2D eigenvalue weighted by Gasteiger charge is -2.25. The molecule has 3 aromatic rings. The first kappa shape index (κ1) is 19.4. The number of carbonyl (C=O) groups excluding carboxylic acids is 1. The number of nitrogens with one attached hydrogen (secondary N) is 1. The Bertz CT molecular complexity index is 1170. The normalized spacial score (nSPS) is 15.8. The zero-order chi connectivity index (χ0) is 21.3. The maximum absolute atomic E-state index is 13.4. The minimum Gasteiger partial charge on any atom is -0.351 e. The highest BCUT2D eigenvalue weighted by atomic mass is 16.6. The van der Waals surface area contributed by atoms with Crippen molar-refractivity contribution in [3.05, 3.63) is 111 Å². The summed E-state index contributed by atoms with van der Waals surface area (Å²) in [5.41, 5.74) is 4.79. The molecule has 0 spiro atoms. The van der Waals surface area contributed by atoms with Crippen LogP contribution in [0.4, 0.5) is 17.1 Å². The van der Waals surface area contributed by atoms with Crippen molar-refractivity contribution >= 4 is 23.0 Å². The highest BCUT2D eigenvalue weighted by molar-refractivity contribution is 6.11. The van der Waals surface area contributed by atoms with Gasteiger partial charge in [0.1, 0.15) is 5.70 Å². The Kier molecular flexibility index (Phi) is 5.06. The fraction of sp³-hybridized carbons (Fsp3) is 0.125. The molecule has 0 saturated heterocycles. The van der Waals surface area contributed by atoms with E-state index in [1.165, 1.54) is 12.1 Å². The topological polar surface area (TPSA) is 75.5 Å². The number of non-ortho nitro benzene ring substituents is 1. The highest BCUT2D eigenvalue weighted by Crippen LogP contribution is 2.37. The van der Waals surface area contributed by atoms with Crippen molar-refractivity contribution in [3.8, 4) is 0 Å². The summed E-state index contributed by atoms with van der Waals surface area (Å²) in [5, 5.41) is 14.5. The Morgan fingerprint density at radius 2 is 1.63 bits per heavy atom. The quantitative estimate of drug-likeness (QED) is 0.467. The number of nitro benzene ring substituents is 1. The lowest BCUT2D eigenvalue weighted by molar-refractivity contribution is -0.384. The number of hydrogen-bond donors (Lipinski definition) is 1. The average Bonchev–Trinajstić information content (AvgIpc) is 3.04. The molecule has 4 rings (SSSR count). The number of nitrogens with zero attached hydrogens (tertiary/aromatic N) is 2. The third-order valence-electron chi connectivity index (χ3n) is 5.05. The van der Waals surface area contributed by atoms with E-state index in [0.717, 1.165) is 22.5 Å². The van der Waals surface area contributed by atoms with E-state index in [1.807, 2.05) is 68.5 Å². The molecule has 1 heterocycles. The van der Waals surface area contributed by atoms with Crippen molar-refractivity contribution in [1.29, 1.82) is 0 Å². The van der Waals surface area contributed by atoms with Gasteiger partial charge in [0.15, 0.2) is 0 Å². The predicted octanol–water partition coefficient (Wildman–Crippen LogP) is 5.30. The zero-order valence-electron chi connectivity index (χ0n) is 16.7. The molecule has 1 aliphatic rings. The summed E-state index contributed by atoms with van der Waals surface area (Å²) in [4.78, 5) is 25.9. The Labute approximate surface area is 174 Å². The van der Waals surface area contributed by atoms with Gasteiger partial charge < -0.3 is 5.32 Å². The maximum atomic E-state index is 13.4. The Morgan fingerprint density at radius 3 is 2.33 bits per heavy atom. The standard InChI is InChI=1S/C24H21N3O3/c1-16-6-3-9-19(12-16)25-22-15-23(18-8-5-11-21(14-18)27(29)30)26(24(22)28)20-10-4-7-17(2)13-20/h3-15,23,25H,1-2H3/t23-/m1/s1. The van der Waals surface area contributed by atoms with Gasteiger partial charge in [-0.1, -0.05) is 36.4 Å². The number of amides is 1. The van der Waals surface area contributed by atoms with Gasteiger partial charge in [0, 0.05) is 23.5 Å². The van der Waals surface area contributed by atoms with Gasteiger partial charge >= 0.3 is 0 Å². The number of carbonyl (C=O) groups is 1. The van der Waals surface area contributed by atoms with Crippen LogP contribution < -0.4 is 10.2 Å². The summed E-state index contributed by atoms with van der Waals surface area (Å²) in [6.45, 7) is 3.95. The van der Waals surface area contributed by atoms with Crippen LogP contribution in [0.15, 0.2) is 84.6 Å². The van der Waals surface area contributed by atoms with Crippen LogP contribution in [0.1, 0.15) is 22.7 Å². The third kappa shape index (κ3) is 3.80. The Morgan fingerprint density at radius 1 is 0.933 bits per heavy atom. The molecule has 150 valence electrons. The number of nitro groups is 1. The van der Waals surface area contributed by atoms with Crippen LogP contribution in [0, 0.1) is 24.0 Å². The molecule has 1 N–H and O–H groups in total. The molecule has 3 aromatic carbocycles. The summed E-state index contributed by atoms with van der Waals surface area (Å²) in [7, 11) is 0. The molecule has 1 amide bonds. The number of anilines is 2. The van der Waals surface area contributed by atoms with E-state index in [-0.39, 0.29) is 11.6 Å². The lowest BCUT2D eigenvalue weighted by Crippen LogP contribution is -2.30. The molecule has 1 aliphatic heterocycles. The average molecular weight is 399 g/mol. The second kappa shape index (κ2) is 7.83. The largest absolute Gasteiger partial charge is 0.351 e. The van der Waals surface area contributed by atoms with Gasteiger partial charge in [0.2, 0.25) is 0 Å². The molecule has 0 aromatic heterocycles. The maximum Gasteiger partial charge on any atom is 0.275 e. The molecule has 30 heavy (non-hydrogen) atoms. The van der Waals surface area contributed by atoms with Crippen LogP contribution in [0.3, 0.4) is 0 Å². The molecule has 6 nitrogen and oxygen atoms in total. The summed E-state index contributed by atoms with van der Waals surface area (Å²) in [6, 6.07) is 21.4. The second-order valence-electron chi connectivity index (χ2n) is 7.39. The number of rotatable bonds is 5. The molecular formula is C24H21N3O3. The van der Waals surface area contributed by atoms with Crippen molar-refractivity contribution in [3.63, 3.8) is 0 Å². The molecule has 0 aliphatic carbocycles. The molecule has 0 bridgehead atoms. The van der Waals surface area contributed by atoms with Gasteiger partial charge in [-0.05, 0) is 60.9 Å². The SMILES string of the molecule is Cc1cccc(NC2=C[C@H](c3cccc([N+](=O)[O-])c3)N(c3cccc(C)c3)C2=O)c1. The highest BCUT2D eigenvalue weighted by Gasteiger charge is 2.35. The first-order valence-corrected chi connectivity index (χ1v) is 9.62. The fourth-order valence-electron chi connectivity index (χ4n) is 3.66. The molecular weight excluding hydrogens is 378 g/mol. The first-order valence-electron chi connectivity index (χ1n) is 9.62. The van der Waals surface area contributed by atoms with Crippen LogP contribution in [0.5, 0.6) is 0 Å². The smallest absolute Gasteiger partial charge is 0.275 e. The molecule has 0 saturated carbocycles. The Balaban J connectivity index is 1.77. The van der Waals surface area contributed by atoms with Crippen LogP contribution in [0.25, 0.3) is 0 Å². The van der Waals surface area contributed by atoms with E-state index in [2.05, 4.69) is 5.32 Å². The fourth-order valence-corrected chi connectivity index (χ4v) is 3.66. The minimum absolute atomic E-state index is 0.00219. The molecule has 0 unspecified atom stereocenters. The van der Waals surface area contributed by atoms with E-state index in [9.17, 15) is 14.9 Å². The van der Waals surface area contributed by atoms with E-state index < -0.39 is 11.0 Å². The zero-order valence-corrected chi connectivity index (χ0v) is 16.7. The second-order valence-corrected chi connectivity index (χ2v) is 7.39.